The molecule has 2 saturated carbocycles. The van der Waals surface area contributed by atoms with Crippen molar-refractivity contribution in [2.75, 3.05) is 14.2 Å². The number of alkyl halides is 2. The van der Waals surface area contributed by atoms with Crippen molar-refractivity contribution in [3.8, 4) is 17.2 Å². The maximum absolute atomic E-state index is 12.9. The molecule has 3 N–H and O–H groups in total. The van der Waals surface area contributed by atoms with Crippen molar-refractivity contribution in [1.29, 1.82) is 0 Å². The highest BCUT2D eigenvalue weighted by atomic mass is 35.5. The third kappa shape index (κ3) is 4.78. The summed E-state index contributed by atoms with van der Waals surface area (Å²) in [6.45, 7) is -3.03. The Morgan fingerprint density at radius 3 is 2.14 bits per heavy atom. The molecule has 1 aromatic carbocycles. The van der Waals surface area contributed by atoms with Crippen molar-refractivity contribution in [2.24, 2.45) is 17.6 Å². The summed E-state index contributed by atoms with van der Waals surface area (Å²) in [6.07, 6.45) is 5.10. The van der Waals surface area contributed by atoms with E-state index in [0.29, 0.717) is 11.8 Å². The summed E-state index contributed by atoms with van der Waals surface area (Å²) in [5, 5.41) is 3.13. The van der Waals surface area contributed by atoms with Gasteiger partial charge in [-0.3, -0.25) is 4.79 Å². The molecule has 6 nitrogen and oxygen atoms in total. The zero-order chi connectivity index (χ0) is 19.6. The van der Waals surface area contributed by atoms with Crippen molar-refractivity contribution in [2.45, 2.75) is 50.8 Å². The normalized spacial score (nSPS) is 26.2. The molecular formula is C19H27ClF2N2O4. The summed E-state index contributed by atoms with van der Waals surface area (Å²) in [4.78, 5) is 12.9. The molecule has 0 aromatic heterocycles. The van der Waals surface area contributed by atoms with Gasteiger partial charge in [0, 0.05) is 17.6 Å². The van der Waals surface area contributed by atoms with E-state index >= 15 is 0 Å². The van der Waals surface area contributed by atoms with Crippen LogP contribution < -0.4 is 25.3 Å². The number of nitrogens with two attached hydrogens (primary N) is 1. The molecule has 0 radical (unpaired) electrons. The number of nitrogens with one attached hydrogen (secondary N) is 1. The molecule has 1 amide bonds. The van der Waals surface area contributed by atoms with E-state index in [4.69, 9.17) is 15.2 Å². The van der Waals surface area contributed by atoms with Crippen molar-refractivity contribution in [1.82, 2.24) is 5.32 Å². The number of carbonyl (C=O) groups is 1. The van der Waals surface area contributed by atoms with Crippen LogP contribution in [0.25, 0.3) is 0 Å². The van der Waals surface area contributed by atoms with E-state index in [0.717, 1.165) is 32.1 Å². The van der Waals surface area contributed by atoms with Crippen molar-refractivity contribution in [3.05, 3.63) is 17.7 Å². The third-order valence-electron chi connectivity index (χ3n) is 5.60. The van der Waals surface area contributed by atoms with Gasteiger partial charge >= 0.3 is 6.61 Å². The van der Waals surface area contributed by atoms with E-state index < -0.39 is 6.61 Å². The second-order valence-electron chi connectivity index (χ2n) is 7.27. The van der Waals surface area contributed by atoms with Gasteiger partial charge in [-0.05, 0) is 49.7 Å². The number of rotatable bonds is 6. The Balaban J connectivity index is 0.00000280. The molecule has 158 valence electrons. The molecule has 2 aliphatic carbocycles. The van der Waals surface area contributed by atoms with Gasteiger partial charge in [0.05, 0.1) is 14.2 Å². The zero-order valence-electron chi connectivity index (χ0n) is 16.0. The Labute approximate surface area is 169 Å². The van der Waals surface area contributed by atoms with Gasteiger partial charge in [-0.25, -0.2) is 0 Å². The number of hydrogen-bond acceptors (Lipinski definition) is 5. The summed E-state index contributed by atoms with van der Waals surface area (Å²) in [6, 6.07) is 3.05. The number of amides is 1. The molecular weight excluding hydrogens is 394 g/mol. The quantitative estimate of drug-likeness (QED) is 0.737. The number of fused-ring (bicyclic) bond motifs is 2. The fourth-order valence-corrected chi connectivity index (χ4v) is 4.48. The Hall–Kier alpha value is -1.80. The van der Waals surface area contributed by atoms with Gasteiger partial charge in [-0.15, -0.1) is 12.4 Å². The first-order chi connectivity index (χ1) is 12.9. The standard InChI is InChI=1S/C19H26F2N2O4.ClH/c1-25-14-8-12(9-15(26-2)17(14)27-19(20)21)18(24)23-16-10-4-3-5-11(16)7-13(22)6-10;/h8-11,13,16,19H,3-7,22H2,1-2H3,(H,23,24);1H. The van der Waals surface area contributed by atoms with E-state index in [-0.39, 0.29) is 53.2 Å². The lowest BCUT2D eigenvalue weighted by atomic mass is 9.67. The van der Waals surface area contributed by atoms with Crippen LogP contribution in [0.5, 0.6) is 17.2 Å². The average Bonchev–Trinajstić information content (AvgIpc) is 2.62. The van der Waals surface area contributed by atoms with Gasteiger partial charge in [-0.2, -0.15) is 8.78 Å². The first kappa shape index (κ1) is 22.5. The molecule has 2 aliphatic rings. The molecule has 2 bridgehead atoms. The van der Waals surface area contributed by atoms with Gasteiger partial charge in [0.1, 0.15) is 0 Å². The van der Waals surface area contributed by atoms with E-state index in [1.165, 1.54) is 26.4 Å². The van der Waals surface area contributed by atoms with E-state index in [1.807, 2.05) is 0 Å². The van der Waals surface area contributed by atoms with E-state index in [2.05, 4.69) is 10.1 Å². The predicted octanol–water partition coefficient (Wildman–Crippen LogP) is 3.36. The Morgan fingerprint density at radius 1 is 1.14 bits per heavy atom. The summed E-state index contributed by atoms with van der Waals surface area (Å²) >= 11 is 0. The molecule has 2 fully saturated rings. The van der Waals surface area contributed by atoms with Crippen LogP contribution in [0.15, 0.2) is 12.1 Å². The number of benzene rings is 1. The van der Waals surface area contributed by atoms with Crippen LogP contribution in [0.3, 0.4) is 0 Å². The minimum atomic E-state index is -3.03. The number of carbonyl (C=O) groups excluding carboxylic acids is 1. The van der Waals surface area contributed by atoms with Crippen LogP contribution in [0, 0.1) is 11.8 Å². The molecule has 9 heteroatoms. The van der Waals surface area contributed by atoms with Crippen LogP contribution in [-0.2, 0) is 0 Å². The van der Waals surface area contributed by atoms with Crippen molar-refractivity contribution >= 4 is 18.3 Å². The monoisotopic (exact) mass is 420 g/mol. The van der Waals surface area contributed by atoms with Gasteiger partial charge in [0.2, 0.25) is 5.75 Å². The highest BCUT2D eigenvalue weighted by molar-refractivity contribution is 5.96. The van der Waals surface area contributed by atoms with Crippen molar-refractivity contribution in [3.63, 3.8) is 0 Å². The van der Waals surface area contributed by atoms with Gasteiger partial charge in [-0.1, -0.05) is 6.42 Å². The number of halogens is 3. The lowest BCUT2D eigenvalue weighted by Crippen LogP contribution is -2.53. The Kier molecular flexibility index (Phi) is 7.71. The molecule has 0 heterocycles. The van der Waals surface area contributed by atoms with E-state index in [1.54, 1.807) is 0 Å². The SMILES string of the molecule is COc1cc(C(=O)NC2C3CCCC2CC(N)C3)cc(OC)c1OC(F)F.Cl. The fraction of sp³-hybridized carbons (Fsp3) is 0.632. The van der Waals surface area contributed by atoms with Crippen molar-refractivity contribution < 1.29 is 27.8 Å². The Morgan fingerprint density at radius 2 is 1.68 bits per heavy atom. The molecule has 0 spiro atoms. The fourth-order valence-electron chi connectivity index (χ4n) is 4.48. The van der Waals surface area contributed by atoms with Gasteiger partial charge in [0.15, 0.2) is 11.5 Å². The highest BCUT2D eigenvalue weighted by Gasteiger charge is 2.40. The zero-order valence-corrected chi connectivity index (χ0v) is 16.8. The third-order valence-corrected chi connectivity index (χ3v) is 5.60. The number of ether oxygens (including phenoxy) is 3. The lowest BCUT2D eigenvalue weighted by Gasteiger charge is -2.45. The largest absolute Gasteiger partial charge is 0.493 e. The highest BCUT2D eigenvalue weighted by Crippen LogP contribution is 2.41. The first-order valence-corrected chi connectivity index (χ1v) is 9.20. The number of hydrogen-bond donors (Lipinski definition) is 2. The molecule has 0 aliphatic heterocycles. The van der Waals surface area contributed by atoms with Gasteiger partial charge in [0.25, 0.3) is 5.91 Å². The summed E-state index contributed by atoms with van der Waals surface area (Å²) < 4.78 is 40.1. The Bertz CT molecular complexity index is 653. The predicted molar refractivity (Wildman–Crippen MR) is 103 cm³/mol. The maximum atomic E-state index is 12.9. The summed E-state index contributed by atoms with van der Waals surface area (Å²) in [5.41, 5.74) is 6.42. The van der Waals surface area contributed by atoms with Gasteiger partial charge < -0.3 is 25.3 Å². The molecule has 2 unspecified atom stereocenters. The average molecular weight is 421 g/mol. The molecule has 28 heavy (non-hydrogen) atoms. The second kappa shape index (κ2) is 9.60. The second-order valence-corrected chi connectivity index (χ2v) is 7.27. The minimum Gasteiger partial charge on any atom is -0.493 e. The molecule has 0 saturated heterocycles. The molecule has 3 rings (SSSR count). The lowest BCUT2D eigenvalue weighted by molar-refractivity contribution is -0.0526. The smallest absolute Gasteiger partial charge is 0.387 e. The van der Waals surface area contributed by atoms with Crippen LogP contribution >= 0.6 is 12.4 Å². The maximum Gasteiger partial charge on any atom is 0.387 e. The minimum absolute atomic E-state index is 0. The summed E-state index contributed by atoms with van der Waals surface area (Å²) in [5.74, 6) is 0.277. The summed E-state index contributed by atoms with van der Waals surface area (Å²) in [7, 11) is 2.64. The first-order valence-electron chi connectivity index (χ1n) is 9.20. The molecule has 1 aromatic rings. The van der Waals surface area contributed by atoms with Crippen LogP contribution in [0.1, 0.15) is 42.5 Å². The molecule has 2 atom stereocenters. The number of methoxy groups -OCH3 is 2. The van der Waals surface area contributed by atoms with E-state index in [9.17, 15) is 13.6 Å². The van der Waals surface area contributed by atoms with Crippen LogP contribution in [-0.4, -0.2) is 38.8 Å². The van der Waals surface area contributed by atoms with Crippen LogP contribution in [0.4, 0.5) is 8.78 Å². The van der Waals surface area contributed by atoms with Crippen LogP contribution in [0.2, 0.25) is 0 Å². The topological polar surface area (TPSA) is 82.8 Å².